The number of nitrogens with one attached hydrogen (secondary N) is 1. The average molecular weight is 444 g/mol. The van der Waals surface area contributed by atoms with Gasteiger partial charge in [-0.1, -0.05) is 41.9 Å². The second-order valence-corrected chi connectivity index (χ2v) is 8.91. The lowest BCUT2D eigenvalue weighted by Crippen LogP contribution is -2.57. The largest absolute Gasteiger partial charge is 0.333 e. The minimum Gasteiger partial charge on any atom is -0.333 e. The van der Waals surface area contributed by atoms with Crippen LogP contribution in [0.25, 0.3) is 0 Å². The van der Waals surface area contributed by atoms with Crippen molar-refractivity contribution in [1.29, 1.82) is 0 Å². The topological polar surface area (TPSA) is 52.7 Å². The molecule has 1 N–H and O–H groups in total. The van der Waals surface area contributed by atoms with Crippen molar-refractivity contribution >= 4 is 23.5 Å². The van der Waals surface area contributed by atoms with E-state index in [2.05, 4.69) is 10.2 Å². The number of hydrogen-bond acceptors (Lipinski definition) is 3. The number of imide groups is 1. The molecule has 2 heterocycles. The van der Waals surface area contributed by atoms with Crippen molar-refractivity contribution in [3.05, 3.63) is 70.5 Å². The van der Waals surface area contributed by atoms with Gasteiger partial charge < -0.3 is 10.2 Å². The Kier molecular flexibility index (Phi) is 6.88. The second-order valence-electron chi connectivity index (χ2n) is 8.50. The molecule has 1 unspecified atom stereocenters. The van der Waals surface area contributed by atoms with Crippen LogP contribution in [0.3, 0.4) is 0 Å². The Morgan fingerprint density at radius 2 is 1.81 bits per heavy atom. The molecule has 1 atom stereocenters. The molecule has 0 aromatic heterocycles. The number of hydrogen-bond donors (Lipinski definition) is 1. The number of piperidine rings is 1. The summed E-state index contributed by atoms with van der Waals surface area (Å²) in [6, 6.07) is 13.6. The lowest BCUT2D eigenvalue weighted by atomic mass is 9.90. The fraction of sp³-hybridized carbons (Fsp3) is 0.417. The van der Waals surface area contributed by atoms with Crippen LogP contribution < -0.4 is 5.32 Å². The van der Waals surface area contributed by atoms with Gasteiger partial charge in [-0.05, 0) is 67.6 Å². The molecule has 0 saturated carbocycles. The summed E-state index contributed by atoms with van der Waals surface area (Å²) < 4.78 is 13.5. The van der Waals surface area contributed by atoms with Crippen molar-refractivity contribution in [3.8, 4) is 0 Å². The Morgan fingerprint density at radius 1 is 1.06 bits per heavy atom. The highest BCUT2D eigenvalue weighted by Crippen LogP contribution is 2.26. The van der Waals surface area contributed by atoms with Crippen molar-refractivity contribution in [1.82, 2.24) is 15.1 Å². The van der Waals surface area contributed by atoms with Gasteiger partial charge in [0.25, 0.3) is 0 Å². The molecule has 2 aromatic carbocycles. The zero-order chi connectivity index (χ0) is 21.8. The lowest BCUT2D eigenvalue weighted by Gasteiger charge is -2.37. The number of nitrogens with zero attached hydrogens (tertiary/aromatic N) is 2. The monoisotopic (exact) mass is 443 g/mol. The van der Waals surface area contributed by atoms with E-state index in [1.807, 2.05) is 30.3 Å². The van der Waals surface area contributed by atoms with Crippen LogP contribution in [-0.2, 0) is 17.8 Å². The van der Waals surface area contributed by atoms with Crippen molar-refractivity contribution in [2.75, 3.05) is 19.6 Å². The molecular formula is C24H27ClFN3O2. The first-order valence-corrected chi connectivity index (χ1v) is 11.2. The number of likely N-dealkylation sites (tertiary alicyclic amines) is 1. The van der Waals surface area contributed by atoms with E-state index in [0.29, 0.717) is 30.5 Å². The molecule has 0 radical (unpaired) electrons. The highest BCUT2D eigenvalue weighted by atomic mass is 35.5. The van der Waals surface area contributed by atoms with Gasteiger partial charge in [0.05, 0.1) is 12.6 Å². The van der Waals surface area contributed by atoms with Gasteiger partial charge in [0, 0.05) is 18.0 Å². The lowest BCUT2D eigenvalue weighted by molar-refractivity contribution is -0.130. The Balaban J connectivity index is 1.25. The summed E-state index contributed by atoms with van der Waals surface area (Å²) in [6.07, 6.45) is 3.07. The fourth-order valence-corrected chi connectivity index (χ4v) is 4.66. The number of urea groups is 1. The zero-order valence-corrected chi connectivity index (χ0v) is 18.2. The van der Waals surface area contributed by atoms with Crippen LogP contribution in [0.4, 0.5) is 9.18 Å². The molecule has 2 aliphatic heterocycles. The van der Waals surface area contributed by atoms with E-state index in [1.54, 1.807) is 6.07 Å². The van der Waals surface area contributed by atoms with Crippen LogP contribution in [0, 0.1) is 11.7 Å². The molecule has 2 saturated heterocycles. The van der Waals surface area contributed by atoms with Crippen LogP contribution in [0.2, 0.25) is 5.02 Å². The highest BCUT2D eigenvalue weighted by molar-refractivity contribution is 6.31. The van der Waals surface area contributed by atoms with Crippen LogP contribution in [0.5, 0.6) is 0 Å². The molecule has 0 spiro atoms. The highest BCUT2D eigenvalue weighted by Gasteiger charge is 2.33. The molecule has 3 amide bonds. The third-order valence-corrected chi connectivity index (χ3v) is 6.55. The van der Waals surface area contributed by atoms with Crippen molar-refractivity contribution in [3.63, 3.8) is 0 Å². The van der Waals surface area contributed by atoms with Crippen LogP contribution in [0.15, 0.2) is 48.5 Å². The quantitative estimate of drug-likeness (QED) is 0.726. The van der Waals surface area contributed by atoms with E-state index in [-0.39, 0.29) is 23.8 Å². The predicted molar refractivity (Wildman–Crippen MR) is 118 cm³/mol. The molecule has 0 bridgehead atoms. The molecule has 2 aliphatic rings. The number of amides is 3. The minimum absolute atomic E-state index is 0.131. The van der Waals surface area contributed by atoms with Crippen molar-refractivity contribution in [2.45, 2.75) is 38.3 Å². The average Bonchev–Trinajstić information content (AvgIpc) is 2.75. The number of carbonyl (C=O) groups is 2. The second kappa shape index (κ2) is 9.79. The minimum atomic E-state index is -0.319. The summed E-state index contributed by atoms with van der Waals surface area (Å²) in [5.41, 5.74) is 1.80. The van der Waals surface area contributed by atoms with Gasteiger partial charge in [0.1, 0.15) is 5.82 Å². The standard InChI is InChI=1S/C24H27ClFN3O2/c25-22-7-6-20(26)13-19(22)12-17-8-10-28(11-9-17)16-21-14-23(30)29(24(31)27-21)15-18-4-2-1-3-5-18/h1-7,13,17,21H,8-12,14-16H2,(H,27,31). The summed E-state index contributed by atoms with van der Waals surface area (Å²) in [4.78, 5) is 28.7. The van der Waals surface area contributed by atoms with E-state index < -0.39 is 0 Å². The first kappa shape index (κ1) is 21.8. The predicted octanol–water partition coefficient (Wildman–Crippen LogP) is 4.24. The summed E-state index contributed by atoms with van der Waals surface area (Å²) in [6.45, 7) is 2.76. The van der Waals surface area contributed by atoms with Gasteiger partial charge in [-0.25, -0.2) is 9.18 Å². The fourth-order valence-electron chi connectivity index (χ4n) is 4.47. The summed E-state index contributed by atoms with van der Waals surface area (Å²) >= 11 is 6.21. The van der Waals surface area contributed by atoms with Crippen molar-refractivity contribution < 1.29 is 14.0 Å². The Hall–Kier alpha value is -2.44. The van der Waals surface area contributed by atoms with Gasteiger partial charge >= 0.3 is 6.03 Å². The Morgan fingerprint density at radius 3 is 2.52 bits per heavy atom. The molecule has 5 nitrogen and oxygen atoms in total. The van der Waals surface area contributed by atoms with Crippen LogP contribution in [-0.4, -0.2) is 47.4 Å². The van der Waals surface area contributed by atoms with E-state index in [0.717, 1.165) is 43.5 Å². The molecule has 7 heteroatoms. The number of halogens is 2. The third-order valence-electron chi connectivity index (χ3n) is 6.18. The van der Waals surface area contributed by atoms with E-state index in [1.165, 1.54) is 17.0 Å². The van der Waals surface area contributed by atoms with E-state index in [4.69, 9.17) is 11.6 Å². The Labute approximate surface area is 187 Å². The zero-order valence-electron chi connectivity index (χ0n) is 17.4. The first-order valence-electron chi connectivity index (χ1n) is 10.8. The summed E-state index contributed by atoms with van der Waals surface area (Å²) in [5.74, 6) is 0.0728. The number of carbonyl (C=O) groups excluding carboxylic acids is 2. The molecule has 2 aromatic rings. The molecule has 164 valence electrons. The van der Waals surface area contributed by atoms with Crippen LogP contribution in [0.1, 0.15) is 30.4 Å². The molecule has 0 aliphatic carbocycles. The Bertz CT molecular complexity index is 914. The van der Waals surface area contributed by atoms with Crippen molar-refractivity contribution in [2.24, 2.45) is 5.92 Å². The molecule has 31 heavy (non-hydrogen) atoms. The third kappa shape index (κ3) is 5.63. The molecule has 2 fully saturated rings. The normalized spacial score (nSPS) is 20.7. The first-order chi connectivity index (χ1) is 15.0. The smallest absolute Gasteiger partial charge is 0.324 e. The van der Waals surface area contributed by atoms with E-state index in [9.17, 15) is 14.0 Å². The maximum absolute atomic E-state index is 13.5. The van der Waals surface area contributed by atoms with Gasteiger partial charge in [-0.3, -0.25) is 9.69 Å². The number of benzene rings is 2. The van der Waals surface area contributed by atoms with Gasteiger partial charge in [0.2, 0.25) is 5.91 Å². The molecular weight excluding hydrogens is 417 g/mol. The maximum Gasteiger partial charge on any atom is 0.324 e. The molecule has 4 rings (SSSR count). The summed E-state index contributed by atoms with van der Waals surface area (Å²) in [7, 11) is 0. The van der Waals surface area contributed by atoms with Gasteiger partial charge in [-0.15, -0.1) is 0 Å². The number of rotatable bonds is 6. The summed E-state index contributed by atoms with van der Waals surface area (Å²) in [5, 5.41) is 3.61. The maximum atomic E-state index is 13.5. The van der Waals surface area contributed by atoms with E-state index >= 15 is 0 Å². The van der Waals surface area contributed by atoms with Gasteiger partial charge in [0.15, 0.2) is 0 Å². The SMILES string of the molecule is O=C1CC(CN2CCC(Cc3cc(F)ccc3Cl)CC2)NC(=O)N1Cc1ccccc1. The van der Waals surface area contributed by atoms with Gasteiger partial charge in [-0.2, -0.15) is 0 Å². The van der Waals surface area contributed by atoms with Crippen LogP contribution >= 0.6 is 11.6 Å².